The third-order valence-electron chi connectivity index (χ3n) is 10.4. The molecule has 0 aromatic carbocycles. The molecule has 4 aliphatic rings. The number of hydrogen-bond acceptors (Lipinski definition) is 4. The van der Waals surface area contributed by atoms with Crippen LogP contribution in [0.4, 0.5) is 0 Å². The Morgan fingerprint density at radius 1 is 1.03 bits per heavy atom. The number of ether oxygens (including phenoxy) is 1. The largest absolute Gasteiger partial charge is 0.387 e. The van der Waals surface area contributed by atoms with Gasteiger partial charge in [0.2, 0.25) is 0 Å². The quantitative estimate of drug-likeness (QED) is 0.695. The second kappa shape index (κ2) is 8.44. The van der Waals surface area contributed by atoms with Gasteiger partial charge in [-0.15, -0.1) is 0 Å². The van der Waals surface area contributed by atoms with Gasteiger partial charge in [-0.2, -0.15) is 15.0 Å². The van der Waals surface area contributed by atoms with Gasteiger partial charge in [0.15, 0.2) is 0 Å². The second-order valence-electron chi connectivity index (χ2n) is 11.8. The van der Waals surface area contributed by atoms with Crippen molar-refractivity contribution in [3.63, 3.8) is 0 Å². The molecule has 0 amide bonds. The molecule has 0 saturated heterocycles. The first-order valence-electron chi connectivity index (χ1n) is 13.1. The van der Waals surface area contributed by atoms with Crippen LogP contribution in [0.2, 0.25) is 0 Å². The second-order valence-corrected chi connectivity index (χ2v) is 11.8. The van der Waals surface area contributed by atoms with Crippen LogP contribution in [0, 0.1) is 46.8 Å². The van der Waals surface area contributed by atoms with Crippen molar-refractivity contribution in [2.24, 2.45) is 46.8 Å². The fourth-order valence-corrected chi connectivity index (χ4v) is 9.08. The predicted octanol–water partition coefficient (Wildman–Crippen LogP) is 4.95. The van der Waals surface area contributed by atoms with Gasteiger partial charge in [0.05, 0.1) is 31.1 Å². The van der Waals surface area contributed by atoms with Crippen LogP contribution in [0.25, 0.3) is 0 Å². The van der Waals surface area contributed by atoms with Crippen molar-refractivity contribution in [3.8, 4) is 0 Å². The zero-order valence-electron chi connectivity index (χ0n) is 19.9. The number of rotatable bonds is 6. The average molecular weight is 430 g/mol. The van der Waals surface area contributed by atoms with Gasteiger partial charge < -0.3 is 9.84 Å². The summed E-state index contributed by atoms with van der Waals surface area (Å²) < 4.78 is 5.64. The minimum absolute atomic E-state index is 0.491. The molecule has 4 aliphatic carbocycles. The molecule has 1 aromatic heterocycles. The van der Waals surface area contributed by atoms with Crippen molar-refractivity contribution in [3.05, 3.63) is 12.4 Å². The number of fused-ring (bicyclic) bond motifs is 5. The normalized spacial score (nSPS) is 45.5. The minimum atomic E-state index is -0.568. The molecule has 5 heteroatoms. The van der Waals surface area contributed by atoms with Gasteiger partial charge in [-0.1, -0.05) is 13.8 Å². The monoisotopic (exact) mass is 429 g/mol. The Kier molecular flexibility index (Phi) is 5.96. The van der Waals surface area contributed by atoms with E-state index in [2.05, 4.69) is 24.0 Å². The molecule has 1 heterocycles. The first-order chi connectivity index (χ1) is 14.9. The van der Waals surface area contributed by atoms with E-state index in [4.69, 9.17) is 4.74 Å². The molecular formula is C26H43N3O2. The number of aromatic nitrogens is 3. The zero-order valence-corrected chi connectivity index (χ0v) is 19.9. The molecule has 0 radical (unpaired) electrons. The van der Waals surface area contributed by atoms with E-state index in [0.29, 0.717) is 30.5 Å². The Labute approximate surface area is 188 Å². The maximum atomic E-state index is 11.1. The van der Waals surface area contributed by atoms with Crippen molar-refractivity contribution in [1.29, 1.82) is 0 Å². The van der Waals surface area contributed by atoms with Crippen molar-refractivity contribution in [1.82, 2.24) is 15.0 Å². The Morgan fingerprint density at radius 3 is 2.58 bits per heavy atom. The molecule has 31 heavy (non-hydrogen) atoms. The summed E-state index contributed by atoms with van der Waals surface area (Å²) in [5.41, 5.74) is -0.0768. The molecule has 0 bridgehead atoms. The molecule has 2 unspecified atom stereocenters. The Balaban J connectivity index is 1.26. The Hall–Kier alpha value is -0.940. The van der Waals surface area contributed by atoms with Crippen LogP contribution in [-0.2, 0) is 11.3 Å². The Bertz CT molecular complexity index is 739. The first kappa shape index (κ1) is 21.9. The summed E-state index contributed by atoms with van der Waals surface area (Å²) in [6, 6.07) is 0. The van der Waals surface area contributed by atoms with Crippen molar-refractivity contribution in [2.75, 3.05) is 13.2 Å². The minimum Gasteiger partial charge on any atom is -0.387 e. The lowest BCUT2D eigenvalue weighted by molar-refractivity contribution is -0.129. The van der Waals surface area contributed by atoms with Crippen LogP contribution in [0.5, 0.6) is 0 Å². The van der Waals surface area contributed by atoms with Gasteiger partial charge in [0.25, 0.3) is 0 Å². The van der Waals surface area contributed by atoms with Crippen LogP contribution < -0.4 is 0 Å². The molecule has 174 valence electrons. The van der Waals surface area contributed by atoms with Crippen LogP contribution in [-0.4, -0.2) is 38.9 Å². The molecular weight excluding hydrogens is 386 g/mol. The average Bonchev–Trinajstić information content (AvgIpc) is 3.39. The summed E-state index contributed by atoms with van der Waals surface area (Å²) in [6.07, 6.45) is 15.0. The van der Waals surface area contributed by atoms with E-state index in [1.54, 1.807) is 12.4 Å². The van der Waals surface area contributed by atoms with Crippen LogP contribution in [0.1, 0.15) is 78.6 Å². The van der Waals surface area contributed by atoms with E-state index < -0.39 is 5.60 Å². The lowest BCUT2D eigenvalue weighted by Crippen LogP contribution is -2.52. The van der Waals surface area contributed by atoms with E-state index >= 15 is 0 Å². The van der Waals surface area contributed by atoms with Gasteiger partial charge in [-0.3, -0.25) is 0 Å². The molecule has 4 saturated carbocycles. The molecule has 5 rings (SSSR count). The summed E-state index contributed by atoms with van der Waals surface area (Å²) in [5.74, 6) is 5.70. The highest BCUT2D eigenvalue weighted by atomic mass is 16.5. The molecule has 4 fully saturated rings. The van der Waals surface area contributed by atoms with Crippen molar-refractivity contribution >= 4 is 0 Å². The molecule has 0 spiro atoms. The van der Waals surface area contributed by atoms with Crippen molar-refractivity contribution in [2.45, 2.75) is 90.7 Å². The third kappa shape index (κ3) is 3.88. The molecule has 0 aliphatic heterocycles. The predicted molar refractivity (Wildman–Crippen MR) is 121 cm³/mol. The zero-order chi connectivity index (χ0) is 21.6. The smallest absolute Gasteiger partial charge is 0.0883 e. The molecule has 5 nitrogen and oxygen atoms in total. The van der Waals surface area contributed by atoms with E-state index in [1.807, 2.05) is 11.7 Å². The van der Waals surface area contributed by atoms with Gasteiger partial charge in [0, 0.05) is 6.61 Å². The Morgan fingerprint density at radius 2 is 1.81 bits per heavy atom. The fourth-order valence-electron chi connectivity index (χ4n) is 9.08. The number of hydrogen-bond donors (Lipinski definition) is 1. The first-order valence-corrected chi connectivity index (χ1v) is 13.1. The van der Waals surface area contributed by atoms with Gasteiger partial charge >= 0.3 is 0 Å². The van der Waals surface area contributed by atoms with Gasteiger partial charge in [0.1, 0.15) is 0 Å². The molecule has 1 N–H and O–H groups in total. The van der Waals surface area contributed by atoms with Gasteiger partial charge in [-0.25, -0.2) is 0 Å². The maximum absolute atomic E-state index is 11.1. The lowest BCUT2D eigenvalue weighted by atomic mass is 9.48. The summed E-state index contributed by atoms with van der Waals surface area (Å²) in [7, 11) is 0. The highest BCUT2D eigenvalue weighted by Crippen LogP contribution is 2.65. The van der Waals surface area contributed by atoms with E-state index in [-0.39, 0.29) is 0 Å². The summed E-state index contributed by atoms with van der Waals surface area (Å²) in [4.78, 5) is 1.89. The highest BCUT2D eigenvalue weighted by Gasteiger charge is 2.58. The molecule has 9 atom stereocenters. The number of nitrogens with zero attached hydrogens (tertiary/aromatic N) is 3. The topological polar surface area (TPSA) is 60.2 Å². The van der Waals surface area contributed by atoms with E-state index in [1.165, 1.54) is 44.9 Å². The lowest BCUT2D eigenvalue weighted by Gasteiger charge is -2.57. The summed E-state index contributed by atoms with van der Waals surface area (Å²) in [6.45, 7) is 9.29. The fraction of sp³-hybridized carbons (Fsp3) is 0.923. The van der Waals surface area contributed by atoms with Crippen LogP contribution in [0.15, 0.2) is 12.4 Å². The number of aliphatic hydroxyl groups is 1. The van der Waals surface area contributed by atoms with E-state index in [9.17, 15) is 5.11 Å². The third-order valence-corrected chi connectivity index (χ3v) is 10.4. The highest BCUT2D eigenvalue weighted by molar-refractivity contribution is 5.07. The molecule has 1 aromatic rings. The van der Waals surface area contributed by atoms with Crippen molar-refractivity contribution < 1.29 is 9.84 Å². The summed E-state index contributed by atoms with van der Waals surface area (Å²) in [5, 5.41) is 19.8. The van der Waals surface area contributed by atoms with Crippen LogP contribution in [0.3, 0.4) is 0 Å². The van der Waals surface area contributed by atoms with E-state index in [0.717, 1.165) is 49.0 Å². The SMILES string of the molecule is CCOC[C@@]1(O)CC[C@H]2[C@H](CC[C@H]3C4CC[C@H]([C@@H](C)Cn5nccn5)C4(C)CC[C@H]23)C1. The maximum Gasteiger partial charge on any atom is 0.0883 e. The van der Waals surface area contributed by atoms with Crippen LogP contribution >= 0.6 is 0 Å². The standard InChI is InChI=1S/C26H43N3O2/c1-4-31-17-26(30)12-10-20-19(15-26)5-6-22-21(20)9-11-25(3)23(7-8-24(22)25)18(2)16-29-27-13-14-28-29/h13-14,18-24,30H,4-12,15-17H2,1-3H3/t18-,19+,20-,21+,22+,23+,24?,25?,26+/m0/s1. The summed E-state index contributed by atoms with van der Waals surface area (Å²) >= 11 is 0. The van der Waals surface area contributed by atoms with Gasteiger partial charge in [-0.05, 0) is 112 Å².